The van der Waals surface area contributed by atoms with Crippen LogP contribution in [0.3, 0.4) is 0 Å². The van der Waals surface area contributed by atoms with E-state index in [0.29, 0.717) is 12.1 Å². The molecular weight excluding hydrogens is 313 g/mol. The molecule has 2 rings (SSSR count). The van der Waals surface area contributed by atoms with Crippen LogP contribution in [0, 0.1) is 15.9 Å². The van der Waals surface area contributed by atoms with Gasteiger partial charge in [-0.15, -0.1) is 0 Å². The van der Waals surface area contributed by atoms with Gasteiger partial charge in [0, 0.05) is 24.2 Å². The van der Waals surface area contributed by atoms with Gasteiger partial charge in [-0.25, -0.2) is 4.39 Å². The largest absolute Gasteiger partial charge is 0.350 e. The first kappa shape index (κ1) is 17.6. The van der Waals surface area contributed by atoms with Crippen LogP contribution in [0.25, 0.3) is 0 Å². The van der Waals surface area contributed by atoms with E-state index >= 15 is 0 Å². The number of hydrogen-bond donors (Lipinski definition) is 1. The number of nitrogens with one attached hydrogen (secondary N) is 1. The van der Waals surface area contributed by atoms with Gasteiger partial charge in [0.2, 0.25) is 0 Å². The van der Waals surface area contributed by atoms with Crippen LogP contribution in [-0.4, -0.2) is 36.4 Å². The predicted octanol–water partition coefficient (Wildman–Crippen LogP) is 2.77. The molecule has 0 heterocycles. The first-order valence-corrected chi connectivity index (χ1v) is 7.33. The number of likely N-dealkylation sites (N-methyl/N-ethyl adjacent to an activating group) is 1. The minimum absolute atomic E-state index is 0.0657. The zero-order valence-corrected chi connectivity index (χ0v) is 13.4. The number of halogens is 1. The van der Waals surface area contributed by atoms with Crippen LogP contribution in [-0.2, 0) is 0 Å². The number of carbonyl (C=O) groups is 1. The van der Waals surface area contributed by atoms with Crippen molar-refractivity contribution in [1.29, 1.82) is 0 Å². The molecule has 7 heteroatoms. The van der Waals surface area contributed by atoms with Crippen LogP contribution >= 0.6 is 0 Å². The zero-order chi connectivity index (χ0) is 17.7. The van der Waals surface area contributed by atoms with Crippen LogP contribution in [0.15, 0.2) is 48.5 Å². The number of carbonyl (C=O) groups excluding carboxylic acids is 1. The van der Waals surface area contributed by atoms with Crippen molar-refractivity contribution < 1.29 is 14.1 Å². The Morgan fingerprint density at radius 1 is 1.17 bits per heavy atom. The number of benzene rings is 2. The quantitative estimate of drug-likeness (QED) is 0.652. The molecule has 2 aromatic carbocycles. The lowest BCUT2D eigenvalue weighted by atomic mass is 10.1. The molecule has 1 unspecified atom stereocenters. The van der Waals surface area contributed by atoms with Crippen molar-refractivity contribution in [2.75, 3.05) is 20.6 Å². The van der Waals surface area contributed by atoms with E-state index in [1.807, 2.05) is 19.0 Å². The summed E-state index contributed by atoms with van der Waals surface area (Å²) in [5.41, 5.74) is 1.16. The number of nitro benzene ring substituents is 1. The molecule has 0 bridgehead atoms. The summed E-state index contributed by atoms with van der Waals surface area (Å²) in [5.74, 6) is -0.634. The average molecular weight is 331 g/mol. The van der Waals surface area contributed by atoms with Crippen molar-refractivity contribution in [3.63, 3.8) is 0 Å². The zero-order valence-electron chi connectivity index (χ0n) is 13.4. The summed E-state index contributed by atoms with van der Waals surface area (Å²) in [6, 6.07) is 11.4. The van der Waals surface area contributed by atoms with Gasteiger partial charge in [-0.05, 0) is 43.9 Å². The summed E-state index contributed by atoms with van der Waals surface area (Å²) < 4.78 is 13.0. The summed E-state index contributed by atoms with van der Waals surface area (Å²) >= 11 is 0. The average Bonchev–Trinajstić information content (AvgIpc) is 2.56. The molecule has 0 aromatic heterocycles. The Morgan fingerprint density at radius 2 is 1.75 bits per heavy atom. The molecule has 1 amide bonds. The highest BCUT2D eigenvalue weighted by atomic mass is 19.1. The van der Waals surface area contributed by atoms with Gasteiger partial charge in [-0.2, -0.15) is 0 Å². The fraction of sp³-hybridized carbons (Fsp3) is 0.235. The Bertz CT molecular complexity index is 715. The van der Waals surface area contributed by atoms with Crippen LogP contribution in [0.4, 0.5) is 10.1 Å². The number of nitrogens with zero attached hydrogens (tertiary/aromatic N) is 2. The van der Waals surface area contributed by atoms with E-state index in [2.05, 4.69) is 5.32 Å². The molecule has 2 aromatic rings. The van der Waals surface area contributed by atoms with E-state index in [-0.39, 0.29) is 23.5 Å². The molecule has 0 spiro atoms. The van der Waals surface area contributed by atoms with Crippen LogP contribution in [0.5, 0.6) is 0 Å². The minimum Gasteiger partial charge on any atom is -0.350 e. The fourth-order valence-electron chi connectivity index (χ4n) is 2.31. The van der Waals surface area contributed by atoms with Gasteiger partial charge in [-0.3, -0.25) is 14.9 Å². The Labute approximate surface area is 139 Å². The number of amides is 1. The molecule has 1 atom stereocenters. The van der Waals surface area contributed by atoms with Crippen molar-refractivity contribution in [1.82, 2.24) is 10.2 Å². The summed E-state index contributed by atoms with van der Waals surface area (Å²) in [7, 11) is 3.73. The molecule has 126 valence electrons. The Hall–Kier alpha value is -2.80. The van der Waals surface area contributed by atoms with E-state index in [1.54, 1.807) is 12.1 Å². The van der Waals surface area contributed by atoms with E-state index in [4.69, 9.17) is 0 Å². The second-order valence-electron chi connectivity index (χ2n) is 5.54. The smallest absolute Gasteiger partial charge is 0.269 e. The second-order valence-corrected chi connectivity index (χ2v) is 5.54. The van der Waals surface area contributed by atoms with Crippen LogP contribution in [0.2, 0.25) is 0 Å². The molecule has 24 heavy (non-hydrogen) atoms. The molecule has 0 aliphatic rings. The molecule has 0 aliphatic heterocycles. The highest BCUT2D eigenvalue weighted by molar-refractivity contribution is 5.94. The summed E-state index contributed by atoms with van der Waals surface area (Å²) in [6.45, 7) is 0.328. The first-order valence-electron chi connectivity index (χ1n) is 7.33. The molecule has 0 aliphatic carbocycles. The molecule has 0 saturated heterocycles. The highest BCUT2D eigenvalue weighted by Gasteiger charge is 2.16. The molecule has 1 N–H and O–H groups in total. The maximum absolute atomic E-state index is 13.0. The third-order valence-corrected chi connectivity index (χ3v) is 3.67. The summed E-state index contributed by atoms with van der Waals surface area (Å²) in [6.07, 6.45) is 0. The topological polar surface area (TPSA) is 75.5 Å². The van der Waals surface area contributed by atoms with Crippen molar-refractivity contribution in [2.45, 2.75) is 6.04 Å². The van der Waals surface area contributed by atoms with Gasteiger partial charge in [0.1, 0.15) is 5.82 Å². The van der Waals surface area contributed by atoms with Crippen molar-refractivity contribution in [3.05, 3.63) is 75.6 Å². The van der Waals surface area contributed by atoms with Crippen molar-refractivity contribution in [3.8, 4) is 0 Å². The molecule has 0 fully saturated rings. The normalized spacial score (nSPS) is 12.0. The minimum atomic E-state index is -0.516. The number of hydrogen-bond acceptors (Lipinski definition) is 4. The number of rotatable bonds is 6. The first-order chi connectivity index (χ1) is 11.4. The van der Waals surface area contributed by atoms with Gasteiger partial charge in [0.15, 0.2) is 0 Å². The van der Waals surface area contributed by atoms with Gasteiger partial charge < -0.3 is 10.2 Å². The Morgan fingerprint density at radius 3 is 2.25 bits per heavy atom. The van der Waals surface area contributed by atoms with Crippen molar-refractivity contribution >= 4 is 11.6 Å². The number of nitro groups is 1. The van der Waals surface area contributed by atoms with E-state index in [1.165, 1.54) is 36.4 Å². The molecule has 6 nitrogen and oxygen atoms in total. The third-order valence-electron chi connectivity index (χ3n) is 3.67. The predicted molar refractivity (Wildman–Crippen MR) is 88.3 cm³/mol. The van der Waals surface area contributed by atoms with Gasteiger partial charge >= 0.3 is 0 Å². The Balaban J connectivity index is 2.04. The SMILES string of the molecule is CN(C)C(CNC(=O)c1ccc([N+](=O)[O-])cc1)c1ccc(F)cc1. The fourth-order valence-corrected chi connectivity index (χ4v) is 2.31. The van der Waals surface area contributed by atoms with E-state index < -0.39 is 4.92 Å². The lowest BCUT2D eigenvalue weighted by Gasteiger charge is -2.25. The van der Waals surface area contributed by atoms with Gasteiger partial charge in [0.25, 0.3) is 11.6 Å². The molecule has 0 saturated carbocycles. The standard InChI is InChI=1S/C17H18FN3O3/c1-20(2)16(12-3-7-14(18)8-4-12)11-19-17(22)13-5-9-15(10-6-13)21(23)24/h3-10,16H,11H2,1-2H3,(H,19,22). The monoisotopic (exact) mass is 331 g/mol. The summed E-state index contributed by atoms with van der Waals surface area (Å²) in [4.78, 5) is 24.2. The molecular formula is C17H18FN3O3. The van der Waals surface area contributed by atoms with Gasteiger partial charge in [0.05, 0.1) is 11.0 Å². The lowest BCUT2D eigenvalue weighted by molar-refractivity contribution is -0.384. The van der Waals surface area contributed by atoms with Crippen LogP contribution in [0.1, 0.15) is 22.0 Å². The number of non-ortho nitro benzene ring substituents is 1. The maximum Gasteiger partial charge on any atom is 0.269 e. The van der Waals surface area contributed by atoms with Gasteiger partial charge in [-0.1, -0.05) is 12.1 Å². The Kier molecular flexibility index (Phi) is 5.59. The van der Waals surface area contributed by atoms with Crippen molar-refractivity contribution in [2.24, 2.45) is 0 Å². The molecule has 0 radical (unpaired) electrons. The maximum atomic E-state index is 13.0. The van der Waals surface area contributed by atoms with E-state index in [0.717, 1.165) is 5.56 Å². The van der Waals surface area contributed by atoms with Crippen LogP contribution < -0.4 is 5.32 Å². The summed E-state index contributed by atoms with van der Waals surface area (Å²) in [5, 5.41) is 13.4. The van der Waals surface area contributed by atoms with E-state index in [9.17, 15) is 19.3 Å². The lowest BCUT2D eigenvalue weighted by Crippen LogP contribution is -2.34. The third kappa shape index (κ3) is 4.36. The second kappa shape index (κ2) is 7.65. The highest BCUT2D eigenvalue weighted by Crippen LogP contribution is 2.18.